The average Bonchev–Trinajstić information content (AvgIpc) is 3.31. The van der Waals surface area contributed by atoms with Crippen LogP contribution >= 0.6 is 0 Å². The van der Waals surface area contributed by atoms with Crippen molar-refractivity contribution in [1.29, 1.82) is 0 Å². The molecule has 3 aromatic carbocycles. The fourth-order valence-electron chi connectivity index (χ4n) is 8.21. The zero-order chi connectivity index (χ0) is 49.9. The summed E-state index contributed by atoms with van der Waals surface area (Å²) in [6, 6.07) is 20.8. The van der Waals surface area contributed by atoms with Crippen molar-refractivity contribution >= 4 is 31.3 Å². The maximum absolute atomic E-state index is 11.3. The molecule has 13 heteroatoms. The third-order valence-corrected chi connectivity index (χ3v) is 14.7. The van der Waals surface area contributed by atoms with E-state index in [1.807, 2.05) is 24.3 Å². The Hall–Kier alpha value is -1.73. The fourth-order valence-corrected chi connectivity index (χ4v) is 10.3. The van der Waals surface area contributed by atoms with Crippen LogP contribution in [0.3, 0.4) is 0 Å². The van der Waals surface area contributed by atoms with E-state index < -0.39 is 31.3 Å². The van der Waals surface area contributed by atoms with Gasteiger partial charge in [-0.05, 0) is 84.5 Å². The standard InChI is InChI=1S/2C18H30O3S.C18H30O2S.O.Zr/c2*1-2-3-4-5-6-7-8-9-10-11-14-17-15-12-13-16-18(17)22(19,20)21;1-2-3-4-5-6-7-8-9-10-11-14-17-15-12-13-16-18(17)21(19)20;;/h2*12-13,15-16H,2-11,14H2,1H3,(H,19,20,21);12-13,15-16H,2-11,14H2,1H3,(H,19,20);;/p-1. The van der Waals surface area contributed by atoms with Gasteiger partial charge in [-0.15, -0.1) is 0 Å². The Bertz CT molecular complexity index is 1780. The Morgan fingerprint density at radius 1 is 0.388 bits per heavy atom. The first-order valence-electron chi connectivity index (χ1n) is 25.8. The van der Waals surface area contributed by atoms with E-state index in [9.17, 15) is 34.7 Å². The Morgan fingerprint density at radius 3 is 0.881 bits per heavy atom. The summed E-state index contributed by atoms with van der Waals surface area (Å²) in [6.07, 6.45) is 40.6. The van der Waals surface area contributed by atoms with Crippen LogP contribution in [0.15, 0.2) is 87.5 Å². The van der Waals surface area contributed by atoms with Crippen molar-refractivity contribution in [3.63, 3.8) is 0 Å². The molecule has 0 radical (unpaired) electrons. The monoisotopic (exact) mass is 1070 g/mol. The van der Waals surface area contributed by atoms with Crippen molar-refractivity contribution in [2.24, 2.45) is 0 Å². The predicted octanol–water partition coefficient (Wildman–Crippen LogP) is 16.1. The first kappa shape index (κ1) is 65.3. The molecule has 2 N–H and O–H groups in total. The van der Waals surface area contributed by atoms with Gasteiger partial charge in [0.25, 0.3) is 20.2 Å². The van der Waals surface area contributed by atoms with Gasteiger partial charge in [0.1, 0.15) is 0 Å². The summed E-state index contributed by atoms with van der Waals surface area (Å²) < 4.78 is 94.1. The van der Waals surface area contributed by atoms with Crippen LogP contribution in [0.1, 0.15) is 230 Å². The molecule has 67 heavy (non-hydrogen) atoms. The fraction of sp³-hybridized carbons (Fsp3) is 0.667. The Kier molecular flexibility index (Phi) is 43.1. The number of hydrogen-bond donors (Lipinski definition) is 2. The molecule has 3 aromatic rings. The number of unbranched alkanes of at least 4 members (excludes halogenated alkanes) is 27. The molecular formula is C54H89O9S3Zr-. The first-order valence-corrected chi connectivity index (χ1v) is 30.8. The molecule has 382 valence electrons. The van der Waals surface area contributed by atoms with Gasteiger partial charge in [0.2, 0.25) is 0 Å². The third kappa shape index (κ3) is 35.9. The molecule has 1 atom stereocenters. The van der Waals surface area contributed by atoms with Gasteiger partial charge in [0, 0.05) is 4.90 Å². The SMILES string of the molecule is CCCCCCCCCCCCc1ccccc1S(=O)(=O)O.CCCCCCCCCCCCc1ccccc1S(=O)(=O)O.CCCCCCCCCCCCc1ccccc1S(=O)[O-].[O]=[Zr]. The molecule has 1 unspecified atom stereocenters. The van der Waals surface area contributed by atoms with E-state index in [-0.39, 0.29) is 9.79 Å². The molecule has 0 bridgehead atoms. The van der Waals surface area contributed by atoms with Gasteiger partial charge in [-0.3, -0.25) is 13.3 Å². The number of benzene rings is 3. The normalized spacial score (nSPS) is 11.7. The summed E-state index contributed by atoms with van der Waals surface area (Å²) in [5.74, 6) is 0. The maximum atomic E-state index is 11.3. The second kappa shape index (κ2) is 44.2. The van der Waals surface area contributed by atoms with Crippen molar-refractivity contribution in [2.45, 2.75) is 247 Å². The molecule has 0 saturated heterocycles. The first-order chi connectivity index (χ1) is 32.4. The van der Waals surface area contributed by atoms with Crippen molar-refractivity contribution < 1.29 is 62.2 Å². The van der Waals surface area contributed by atoms with E-state index in [0.29, 0.717) is 42.5 Å². The van der Waals surface area contributed by atoms with Crippen LogP contribution in [0.4, 0.5) is 0 Å². The topological polar surface area (TPSA) is 166 Å². The molecular weight excluding hydrogens is 980 g/mol. The van der Waals surface area contributed by atoms with E-state index in [0.717, 1.165) is 55.2 Å². The van der Waals surface area contributed by atoms with Gasteiger partial charge in [0.15, 0.2) is 0 Å². The van der Waals surface area contributed by atoms with E-state index in [4.69, 9.17) is 2.81 Å². The Balaban J connectivity index is 0.000000957. The van der Waals surface area contributed by atoms with Crippen LogP contribution < -0.4 is 0 Å². The second-order valence-electron chi connectivity index (χ2n) is 17.8. The molecule has 0 saturated carbocycles. The van der Waals surface area contributed by atoms with Gasteiger partial charge >= 0.3 is 27.5 Å². The second-order valence-corrected chi connectivity index (χ2v) is 21.5. The van der Waals surface area contributed by atoms with E-state index in [1.165, 1.54) is 173 Å². The summed E-state index contributed by atoms with van der Waals surface area (Å²) in [5.41, 5.74) is 2.42. The van der Waals surface area contributed by atoms with Crippen molar-refractivity contribution in [2.75, 3.05) is 0 Å². The summed E-state index contributed by atoms with van der Waals surface area (Å²) in [6.45, 7) is 6.72. The van der Waals surface area contributed by atoms with Crippen LogP contribution in [0.25, 0.3) is 0 Å². The number of hydrogen-bond acceptors (Lipinski definition) is 7. The van der Waals surface area contributed by atoms with E-state index in [2.05, 4.69) is 20.8 Å². The predicted molar refractivity (Wildman–Crippen MR) is 273 cm³/mol. The molecule has 0 amide bonds. The zero-order valence-corrected chi connectivity index (χ0v) is 46.6. The van der Waals surface area contributed by atoms with Gasteiger partial charge in [-0.2, -0.15) is 16.8 Å². The minimum atomic E-state index is -4.10. The van der Waals surface area contributed by atoms with Crippen LogP contribution in [-0.2, 0) is 78.1 Å². The third-order valence-electron chi connectivity index (χ3n) is 12.1. The summed E-state index contributed by atoms with van der Waals surface area (Å²) >= 11 is -1.81. The molecule has 3 rings (SSSR count). The van der Waals surface area contributed by atoms with Crippen LogP contribution in [0.5, 0.6) is 0 Å². The van der Waals surface area contributed by atoms with E-state index >= 15 is 0 Å². The van der Waals surface area contributed by atoms with Gasteiger partial charge in [-0.1, -0.05) is 249 Å². The molecule has 0 aromatic heterocycles. The summed E-state index contributed by atoms with van der Waals surface area (Å²) in [5, 5.41) is 0. The zero-order valence-electron chi connectivity index (χ0n) is 41.7. The van der Waals surface area contributed by atoms with Crippen molar-refractivity contribution in [1.82, 2.24) is 0 Å². The number of rotatable bonds is 36. The molecule has 0 aliphatic carbocycles. The van der Waals surface area contributed by atoms with Crippen LogP contribution in [-0.4, -0.2) is 34.7 Å². The van der Waals surface area contributed by atoms with Gasteiger partial charge in [0.05, 0.1) is 9.79 Å². The minimum absolute atomic E-state index is 0.0610. The Morgan fingerprint density at radius 2 is 0.612 bits per heavy atom. The van der Waals surface area contributed by atoms with Crippen molar-refractivity contribution in [3.8, 4) is 0 Å². The van der Waals surface area contributed by atoms with Crippen molar-refractivity contribution in [3.05, 3.63) is 89.5 Å². The van der Waals surface area contributed by atoms with Crippen LogP contribution in [0, 0.1) is 0 Å². The average molecular weight is 1070 g/mol. The van der Waals surface area contributed by atoms with Crippen LogP contribution in [0.2, 0.25) is 0 Å². The molecule has 9 nitrogen and oxygen atoms in total. The van der Waals surface area contributed by atoms with E-state index in [1.54, 1.807) is 36.4 Å². The molecule has 0 spiro atoms. The molecule has 0 fully saturated rings. The quantitative estimate of drug-likeness (QED) is 0.0327. The number of aryl methyl sites for hydroxylation is 3. The summed E-state index contributed by atoms with van der Waals surface area (Å²) in [4.78, 5) is 0.588. The summed E-state index contributed by atoms with van der Waals surface area (Å²) in [7, 11) is -8.19. The Labute approximate surface area is 427 Å². The molecule has 0 heterocycles. The van der Waals surface area contributed by atoms with Gasteiger partial charge in [-0.25, -0.2) is 0 Å². The molecule has 0 aliphatic heterocycles. The molecule has 0 aliphatic rings. The van der Waals surface area contributed by atoms with Gasteiger partial charge < -0.3 is 4.55 Å².